The zero-order valence-corrected chi connectivity index (χ0v) is 14.2. The highest BCUT2D eigenvalue weighted by Crippen LogP contribution is 2.37. The molecule has 1 fully saturated rings. The summed E-state index contributed by atoms with van der Waals surface area (Å²) in [4.78, 5) is 25.6. The lowest BCUT2D eigenvalue weighted by Crippen LogP contribution is -2.34. The number of rotatable bonds is 4. The number of carbonyl (C=O) groups excluding carboxylic acids is 1. The number of nitrogens with one attached hydrogen (secondary N) is 1. The Morgan fingerprint density at radius 3 is 2.58 bits per heavy atom. The Balaban J connectivity index is 1.85. The smallest absolute Gasteiger partial charge is 0.306 e. The average molecular weight is 352 g/mol. The molecule has 7 nitrogen and oxygen atoms in total. The monoisotopic (exact) mass is 352 g/mol. The van der Waals surface area contributed by atoms with E-state index in [9.17, 15) is 18.0 Å². The van der Waals surface area contributed by atoms with Crippen molar-refractivity contribution >= 4 is 27.6 Å². The van der Waals surface area contributed by atoms with Crippen LogP contribution in [-0.2, 0) is 26.0 Å². The highest BCUT2D eigenvalue weighted by molar-refractivity contribution is 7.89. The second-order valence-corrected chi connectivity index (χ2v) is 8.17. The molecule has 0 radical (unpaired) electrons. The van der Waals surface area contributed by atoms with Crippen molar-refractivity contribution in [1.82, 2.24) is 4.72 Å². The fourth-order valence-corrected chi connectivity index (χ4v) is 4.27. The van der Waals surface area contributed by atoms with Gasteiger partial charge in [-0.15, -0.1) is 0 Å². The van der Waals surface area contributed by atoms with Crippen molar-refractivity contribution in [3.05, 3.63) is 23.8 Å². The van der Waals surface area contributed by atoms with Gasteiger partial charge in [0.15, 0.2) is 0 Å². The summed E-state index contributed by atoms with van der Waals surface area (Å²) in [6, 6.07) is 4.80. The molecule has 2 aliphatic rings. The quantitative estimate of drug-likeness (QED) is 0.841. The number of fused-ring (bicyclic) bond motifs is 1. The molecule has 0 aromatic heterocycles. The lowest BCUT2D eigenvalue weighted by atomic mass is 10.0. The van der Waals surface area contributed by atoms with Crippen LogP contribution in [0.25, 0.3) is 0 Å². The number of amides is 1. The van der Waals surface area contributed by atoms with E-state index in [0.717, 1.165) is 5.56 Å². The van der Waals surface area contributed by atoms with Gasteiger partial charge in [0.05, 0.1) is 10.8 Å². The summed E-state index contributed by atoms with van der Waals surface area (Å²) in [5.74, 6) is -1.72. The molecule has 1 aromatic rings. The number of carboxylic acids is 1. The minimum absolute atomic E-state index is 0.100. The molecule has 2 N–H and O–H groups in total. The number of hydrogen-bond acceptors (Lipinski definition) is 4. The Morgan fingerprint density at radius 2 is 1.96 bits per heavy atom. The van der Waals surface area contributed by atoms with E-state index in [-0.39, 0.29) is 16.7 Å². The van der Waals surface area contributed by atoms with E-state index in [1.165, 1.54) is 19.2 Å². The van der Waals surface area contributed by atoms with Crippen LogP contribution in [0.1, 0.15) is 24.8 Å². The van der Waals surface area contributed by atoms with Gasteiger partial charge in [-0.05, 0) is 50.4 Å². The highest BCUT2D eigenvalue weighted by Gasteiger charge is 2.38. The third-order valence-corrected chi connectivity index (χ3v) is 6.34. The minimum atomic E-state index is -3.57. The van der Waals surface area contributed by atoms with Gasteiger partial charge in [0.25, 0.3) is 0 Å². The fourth-order valence-electron chi connectivity index (χ4n) is 3.52. The fraction of sp³-hybridized carbons (Fsp3) is 0.500. The zero-order valence-electron chi connectivity index (χ0n) is 13.4. The molecule has 130 valence electrons. The SMILES string of the molecule is CNS(=O)(=O)c1ccc2c(c1)N(C(=O)[C@@H]1CC[C@H](C(=O)O)C1)CC2. The maximum Gasteiger partial charge on any atom is 0.306 e. The Morgan fingerprint density at radius 1 is 1.25 bits per heavy atom. The van der Waals surface area contributed by atoms with Crippen LogP contribution in [0.3, 0.4) is 0 Å². The molecule has 1 heterocycles. The van der Waals surface area contributed by atoms with Crippen LogP contribution < -0.4 is 9.62 Å². The zero-order chi connectivity index (χ0) is 17.5. The Kier molecular flexibility index (Phi) is 4.35. The number of sulfonamides is 1. The van der Waals surface area contributed by atoms with Crippen molar-refractivity contribution in [2.24, 2.45) is 11.8 Å². The molecule has 3 rings (SSSR count). The molecular weight excluding hydrogens is 332 g/mol. The van der Waals surface area contributed by atoms with Crippen LogP contribution >= 0.6 is 0 Å². The number of benzene rings is 1. The Bertz CT molecular complexity index is 790. The molecule has 1 saturated carbocycles. The first-order valence-electron chi connectivity index (χ1n) is 7.94. The molecular formula is C16H20N2O5S. The molecule has 0 saturated heterocycles. The number of carboxylic acid groups (broad SMARTS) is 1. The van der Waals surface area contributed by atoms with Crippen LogP contribution in [0.2, 0.25) is 0 Å². The standard InChI is InChI=1S/C16H20N2O5S/c1-17-24(22,23)13-5-4-10-6-7-18(14(10)9-13)15(19)11-2-3-12(8-11)16(20)21/h4-5,9,11-12,17H,2-3,6-8H2,1H3,(H,20,21)/t11-,12+/m1/s1. The first kappa shape index (κ1) is 16.9. The Labute approximate surface area is 140 Å². The van der Waals surface area contributed by atoms with E-state index < -0.39 is 21.9 Å². The second-order valence-electron chi connectivity index (χ2n) is 6.28. The minimum Gasteiger partial charge on any atom is -0.481 e. The van der Waals surface area contributed by atoms with E-state index in [2.05, 4.69) is 4.72 Å². The van der Waals surface area contributed by atoms with E-state index >= 15 is 0 Å². The van der Waals surface area contributed by atoms with Crippen molar-refractivity contribution in [3.8, 4) is 0 Å². The second kappa shape index (κ2) is 6.18. The summed E-state index contributed by atoms with van der Waals surface area (Å²) < 4.78 is 26.2. The van der Waals surface area contributed by atoms with Gasteiger partial charge in [0, 0.05) is 18.2 Å². The molecule has 0 bridgehead atoms. The van der Waals surface area contributed by atoms with Crippen LogP contribution in [0.5, 0.6) is 0 Å². The summed E-state index contributed by atoms with van der Waals surface area (Å²) in [7, 11) is -2.23. The van der Waals surface area contributed by atoms with E-state index in [0.29, 0.717) is 37.9 Å². The summed E-state index contributed by atoms with van der Waals surface area (Å²) in [5, 5.41) is 9.09. The van der Waals surface area contributed by atoms with Crippen molar-refractivity contribution < 1.29 is 23.1 Å². The topological polar surface area (TPSA) is 104 Å². The van der Waals surface area contributed by atoms with Gasteiger partial charge >= 0.3 is 5.97 Å². The number of nitrogens with zero attached hydrogens (tertiary/aromatic N) is 1. The average Bonchev–Trinajstić information content (AvgIpc) is 3.20. The van der Waals surface area contributed by atoms with Crippen molar-refractivity contribution in [1.29, 1.82) is 0 Å². The molecule has 1 aromatic carbocycles. The van der Waals surface area contributed by atoms with Crippen LogP contribution in [-0.4, -0.2) is 39.0 Å². The van der Waals surface area contributed by atoms with Crippen LogP contribution in [0.15, 0.2) is 23.1 Å². The first-order valence-corrected chi connectivity index (χ1v) is 9.42. The highest BCUT2D eigenvalue weighted by atomic mass is 32.2. The number of anilines is 1. The third-order valence-electron chi connectivity index (χ3n) is 4.93. The molecule has 1 amide bonds. The van der Waals surface area contributed by atoms with Crippen molar-refractivity contribution in [3.63, 3.8) is 0 Å². The number of aliphatic carboxylic acids is 1. The van der Waals surface area contributed by atoms with Gasteiger partial charge in [-0.1, -0.05) is 6.07 Å². The first-order chi connectivity index (χ1) is 11.3. The van der Waals surface area contributed by atoms with E-state index in [1.54, 1.807) is 11.0 Å². The van der Waals surface area contributed by atoms with Gasteiger partial charge < -0.3 is 10.0 Å². The Hall–Kier alpha value is -1.93. The van der Waals surface area contributed by atoms with E-state index in [4.69, 9.17) is 5.11 Å². The number of carbonyl (C=O) groups is 2. The van der Waals surface area contributed by atoms with Gasteiger partial charge in [0.2, 0.25) is 15.9 Å². The predicted octanol–water partition coefficient (Wildman–Crippen LogP) is 0.985. The van der Waals surface area contributed by atoms with Gasteiger partial charge in [-0.3, -0.25) is 9.59 Å². The summed E-state index contributed by atoms with van der Waals surface area (Å²) in [6.07, 6.45) is 2.11. The summed E-state index contributed by atoms with van der Waals surface area (Å²) in [5.41, 5.74) is 1.56. The molecule has 0 spiro atoms. The van der Waals surface area contributed by atoms with Crippen molar-refractivity contribution in [2.45, 2.75) is 30.6 Å². The molecule has 1 aliphatic carbocycles. The third kappa shape index (κ3) is 2.91. The molecule has 1 aliphatic heterocycles. The normalized spacial score (nSPS) is 23.3. The van der Waals surface area contributed by atoms with Gasteiger partial charge in [0.1, 0.15) is 0 Å². The van der Waals surface area contributed by atoms with Crippen LogP contribution in [0.4, 0.5) is 5.69 Å². The predicted molar refractivity (Wildman–Crippen MR) is 87.2 cm³/mol. The maximum absolute atomic E-state index is 12.8. The summed E-state index contributed by atoms with van der Waals surface area (Å²) in [6.45, 7) is 0.505. The van der Waals surface area contributed by atoms with Crippen LogP contribution in [0, 0.1) is 11.8 Å². The lowest BCUT2D eigenvalue weighted by Gasteiger charge is -2.21. The van der Waals surface area contributed by atoms with E-state index in [1.807, 2.05) is 0 Å². The largest absolute Gasteiger partial charge is 0.481 e. The molecule has 8 heteroatoms. The molecule has 24 heavy (non-hydrogen) atoms. The lowest BCUT2D eigenvalue weighted by molar-refractivity contribution is -0.141. The molecule has 0 unspecified atom stereocenters. The number of hydrogen-bond donors (Lipinski definition) is 2. The maximum atomic E-state index is 12.8. The van der Waals surface area contributed by atoms with Gasteiger partial charge in [-0.2, -0.15) is 0 Å². The molecule has 2 atom stereocenters. The van der Waals surface area contributed by atoms with Gasteiger partial charge in [-0.25, -0.2) is 13.1 Å². The summed E-state index contributed by atoms with van der Waals surface area (Å²) >= 11 is 0. The van der Waals surface area contributed by atoms with Crippen molar-refractivity contribution in [2.75, 3.05) is 18.5 Å².